The number of benzene rings is 1. The average molecular weight is 537 g/mol. The molecule has 0 bridgehead atoms. The van der Waals surface area contributed by atoms with Crippen molar-refractivity contribution in [3.63, 3.8) is 0 Å². The summed E-state index contributed by atoms with van der Waals surface area (Å²) in [4.78, 5) is 45.8. The summed E-state index contributed by atoms with van der Waals surface area (Å²) in [6, 6.07) is 6.71. The van der Waals surface area contributed by atoms with Crippen molar-refractivity contribution in [2.24, 2.45) is 11.1 Å². The minimum atomic E-state index is -0.369. The zero-order valence-electron chi connectivity index (χ0n) is 23.8. The van der Waals surface area contributed by atoms with Gasteiger partial charge in [0.1, 0.15) is 18.4 Å². The molecule has 3 aromatic rings. The Labute approximate surface area is 231 Å². The Balaban J connectivity index is 0.000000787. The molecule has 4 N–H and O–H groups in total. The molecular formula is C30H44N6O3. The molecule has 2 aromatic heterocycles. The molecule has 9 heteroatoms. The molecule has 9 nitrogen and oxygen atoms in total. The molecular weight excluding hydrogens is 492 g/mol. The number of rotatable bonds is 7. The maximum atomic E-state index is 12.2. The third-order valence-electron chi connectivity index (χ3n) is 8.01. The van der Waals surface area contributed by atoms with Gasteiger partial charge in [0.25, 0.3) is 0 Å². The molecule has 212 valence electrons. The van der Waals surface area contributed by atoms with Crippen molar-refractivity contribution in [1.82, 2.24) is 20.2 Å². The molecule has 4 heterocycles. The number of nitrogens with one attached hydrogen (secondary N) is 2. The summed E-state index contributed by atoms with van der Waals surface area (Å²) in [6.45, 7) is 6.02. The standard InChI is InChI=1S/C27H35N5O2.C2H4O.CH5N/c1-28-10-9-27(18-34)8-3-11-32(17-27)26-24-22-5-4-20(19-6-12-31(2)13-7-19)14-23(22)30-25(24)21(16-33)15-29-26;1-2-3;1-2/h4-5,14-16,18-19,28,30H,3,6-13,17H2,1-2H3;2H,1H3;2H2,1H3. The number of pyridine rings is 1. The molecule has 0 saturated carbocycles. The van der Waals surface area contributed by atoms with Gasteiger partial charge in [-0.2, -0.15) is 0 Å². The summed E-state index contributed by atoms with van der Waals surface area (Å²) in [5.41, 5.74) is 7.96. The van der Waals surface area contributed by atoms with E-state index in [1.165, 1.54) is 32.4 Å². The Morgan fingerprint density at radius 3 is 2.54 bits per heavy atom. The second-order valence-electron chi connectivity index (χ2n) is 10.5. The highest BCUT2D eigenvalue weighted by Gasteiger charge is 2.36. The van der Waals surface area contributed by atoms with E-state index >= 15 is 0 Å². The molecule has 0 amide bonds. The summed E-state index contributed by atoms with van der Waals surface area (Å²) in [5.74, 6) is 1.44. The van der Waals surface area contributed by atoms with Crippen molar-refractivity contribution in [2.75, 3.05) is 58.8 Å². The Bertz CT molecular complexity index is 1250. The van der Waals surface area contributed by atoms with Crippen molar-refractivity contribution in [1.29, 1.82) is 0 Å². The number of likely N-dealkylation sites (tertiary alicyclic amines) is 1. The number of carbonyl (C=O) groups excluding carboxylic acids is 3. The first-order valence-corrected chi connectivity index (χ1v) is 13.9. The normalized spacial score (nSPS) is 20.1. The van der Waals surface area contributed by atoms with Crippen molar-refractivity contribution < 1.29 is 14.4 Å². The van der Waals surface area contributed by atoms with Crippen molar-refractivity contribution >= 4 is 46.5 Å². The van der Waals surface area contributed by atoms with Crippen LogP contribution in [0.1, 0.15) is 60.9 Å². The van der Waals surface area contributed by atoms with E-state index in [1.807, 2.05) is 7.05 Å². The van der Waals surface area contributed by atoms with Gasteiger partial charge in [-0.15, -0.1) is 0 Å². The lowest BCUT2D eigenvalue weighted by molar-refractivity contribution is -0.117. The first kappa shape index (κ1) is 30.4. The molecule has 1 aromatic carbocycles. The van der Waals surface area contributed by atoms with Crippen LogP contribution < -0.4 is 16.0 Å². The Hall–Kier alpha value is -3.14. The molecule has 2 aliphatic rings. The van der Waals surface area contributed by atoms with E-state index in [1.54, 1.807) is 6.20 Å². The predicted molar refractivity (Wildman–Crippen MR) is 159 cm³/mol. The van der Waals surface area contributed by atoms with Gasteiger partial charge in [0.05, 0.1) is 16.5 Å². The van der Waals surface area contributed by atoms with Gasteiger partial charge in [-0.25, -0.2) is 4.98 Å². The van der Waals surface area contributed by atoms with E-state index in [0.717, 1.165) is 91.9 Å². The number of fused-ring (bicyclic) bond motifs is 3. The molecule has 0 spiro atoms. The highest BCUT2D eigenvalue weighted by atomic mass is 16.1. The minimum Gasteiger partial charge on any atom is -0.355 e. The third-order valence-corrected chi connectivity index (χ3v) is 8.01. The van der Waals surface area contributed by atoms with Gasteiger partial charge in [-0.1, -0.05) is 12.1 Å². The van der Waals surface area contributed by atoms with Crippen LogP contribution in [0.15, 0.2) is 24.4 Å². The van der Waals surface area contributed by atoms with Gasteiger partial charge in [0, 0.05) is 35.6 Å². The monoisotopic (exact) mass is 536 g/mol. The predicted octanol–water partition coefficient (Wildman–Crippen LogP) is 3.51. The van der Waals surface area contributed by atoms with Crippen LogP contribution in [-0.2, 0) is 9.59 Å². The van der Waals surface area contributed by atoms with Crippen LogP contribution >= 0.6 is 0 Å². The fourth-order valence-corrected chi connectivity index (χ4v) is 5.92. The average Bonchev–Trinajstić information content (AvgIpc) is 3.36. The fourth-order valence-electron chi connectivity index (χ4n) is 5.92. The summed E-state index contributed by atoms with van der Waals surface area (Å²) < 4.78 is 0. The second kappa shape index (κ2) is 14.3. The molecule has 2 fully saturated rings. The van der Waals surface area contributed by atoms with Crippen molar-refractivity contribution in [3.8, 4) is 0 Å². The van der Waals surface area contributed by atoms with E-state index in [9.17, 15) is 9.59 Å². The molecule has 1 atom stereocenters. The zero-order chi connectivity index (χ0) is 28.4. The number of carbonyl (C=O) groups is 3. The van der Waals surface area contributed by atoms with Crippen LogP contribution in [0.25, 0.3) is 21.8 Å². The van der Waals surface area contributed by atoms with Gasteiger partial charge < -0.3 is 35.4 Å². The van der Waals surface area contributed by atoms with E-state index < -0.39 is 0 Å². The smallest absolute Gasteiger partial charge is 0.153 e. The SMILES string of the molecule is CC=O.CN.CNCCC1(C=O)CCCN(c2ncc(C=O)c3[nH]c4cc(C5CCN(C)CC5)ccc4c23)C1. The first-order chi connectivity index (χ1) is 19.0. The Morgan fingerprint density at radius 1 is 1.18 bits per heavy atom. The lowest BCUT2D eigenvalue weighted by Crippen LogP contribution is -2.46. The first-order valence-electron chi connectivity index (χ1n) is 13.9. The van der Waals surface area contributed by atoms with E-state index in [2.05, 4.69) is 51.1 Å². The molecule has 2 aliphatic heterocycles. The number of aldehydes is 3. The molecule has 0 aliphatic carbocycles. The van der Waals surface area contributed by atoms with E-state index in [4.69, 9.17) is 9.78 Å². The molecule has 1 unspecified atom stereocenters. The van der Waals surface area contributed by atoms with Crippen LogP contribution in [0.4, 0.5) is 5.82 Å². The largest absolute Gasteiger partial charge is 0.355 e. The third kappa shape index (κ3) is 6.72. The molecule has 5 rings (SSSR count). The topological polar surface area (TPSA) is 124 Å². The van der Waals surface area contributed by atoms with Gasteiger partial charge in [-0.3, -0.25) is 4.79 Å². The number of hydrogen-bond acceptors (Lipinski definition) is 8. The number of H-pyrrole nitrogens is 1. The quantitative estimate of drug-likeness (QED) is 0.392. The van der Waals surface area contributed by atoms with Gasteiger partial charge in [0.15, 0.2) is 6.29 Å². The summed E-state index contributed by atoms with van der Waals surface area (Å²) in [5, 5.41) is 5.27. The summed E-state index contributed by atoms with van der Waals surface area (Å²) in [6.07, 6.45) is 9.45. The van der Waals surface area contributed by atoms with Crippen molar-refractivity contribution in [3.05, 3.63) is 35.5 Å². The van der Waals surface area contributed by atoms with E-state index in [0.29, 0.717) is 18.0 Å². The molecule has 39 heavy (non-hydrogen) atoms. The number of anilines is 1. The Kier molecular flexibility index (Phi) is 11.2. The second-order valence-corrected chi connectivity index (χ2v) is 10.5. The van der Waals surface area contributed by atoms with Crippen molar-refractivity contribution in [2.45, 2.75) is 44.9 Å². The maximum Gasteiger partial charge on any atom is 0.153 e. The lowest BCUT2D eigenvalue weighted by Gasteiger charge is -2.40. The van der Waals surface area contributed by atoms with Crippen LogP contribution in [0.5, 0.6) is 0 Å². The van der Waals surface area contributed by atoms with Crippen LogP contribution in [0.3, 0.4) is 0 Å². The number of piperidine rings is 2. The van der Waals surface area contributed by atoms with E-state index in [-0.39, 0.29) is 5.41 Å². The van der Waals surface area contributed by atoms with Gasteiger partial charge >= 0.3 is 0 Å². The highest BCUT2D eigenvalue weighted by Crippen LogP contribution is 2.40. The zero-order valence-corrected chi connectivity index (χ0v) is 23.8. The number of aromatic nitrogens is 2. The number of nitrogens with two attached hydrogens (primary N) is 1. The maximum absolute atomic E-state index is 12.2. The number of hydrogen-bond donors (Lipinski definition) is 3. The van der Waals surface area contributed by atoms with Crippen LogP contribution in [-0.4, -0.2) is 87.6 Å². The molecule has 2 saturated heterocycles. The van der Waals surface area contributed by atoms with Crippen LogP contribution in [0, 0.1) is 5.41 Å². The van der Waals surface area contributed by atoms with Gasteiger partial charge in [-0.05, 0) is 97.4 Å². The summed E-state index contributed by atoms with van der Waals surface area (Å²) in [7, 11) is 5.61. The molecule has 0 radical (unpaired) electrons. The van der Waals surface area contributed by atoms with Crippen LogP contribution in [0.2, 0.25) is 0 Å². The number of aromatic amines is 1. The highest BCUT2D eigenvalue weighted by molar-refractivity contribution is 6.16. The fraction of sp³-hybridized carbons (Fsp3) is 0.533. The van der Waals surface area contributed by atoms with Gasteiger partial charge in [0.2, 0.25) is 0 Å². The summed E-state index contributed by atoms with van der Waals surface area (Å²) >= 11 is 0. The Morgan fingerprint density at radius 2 is 1.90 bits per heavy atom. The lowest BCUT2D eigenvalue weighted by atomic mass is 9.78. The number of nitrogens with zero attached hydrogens (tertiary/aromatic N) is 3. The minimum absolute atomic E-state index is 0.369.